The van der Waals surface area contributed by atoms with Crippen molar-refractivity contribution in [3.8, 4) is 17.2 Å². The van der Waals surface area contributed by atoms with E-state index in [4.69, 9.17) is 44.3 Å². The van der Waals surface area contributed by atoms with Crippen molar-refractivity contribution in [2.75, 3.05) is 24.6 Å². The van der Waals surface area contributed by atoms with Gasteiger partial charge in [-0.3, -0.25) is 24.1 Å². The molecule has 2 aromatic carbocycles. The van der Waals surface area contributed by atoms with Gasteiger partial charge in [0.2, 0.25) is 11.8 Å². The molecule has 6 rings (SSSR count). The van der Waals surface area contributed by atoms with Gasteiger partial charge in [0.05, 0.1) is 37.2 Å². The molecule has 0 bridgehead atoms. The van der Waals surface area contributed by atoms with Crippen LogP contribution in [0, 0.1) is 24.7 Å². The Labute approximate surface area is 270 Å². The third-order valence-electron chi connectivity index (χ3n) is 9.25. The molecule has 3 fully saturated rings. The maximum atomic E-state index is 14.2. The number of allylic oxidation sites excluding steroid dienone is 2. The summed E-state index contributed by atoms with van der Waals surface area (Å²) in [5.41, 5.74) is 1.84. The van der Waals surface area contributed by atoms with Gasteiger partial charge in [-0.1, -0.05) is 45.2 Å². The van der Waals surface area contributed by atoms with Crippen LogP contribution in [0.5, 0.6) is 17.2 Å². The molecule has 2 aromatic rings. The first-order chi connectivity index (χ1) is 20.3. The van der Waals surface area contributed by atoms with Crippen molar-refractivity contribution >= 4 is 80.0 Å². The Morgan fingerprint density at radius 1 is 1.00 bits per heavy atom. The van der Waals surface area contributed by atoms with E-state index >= 15 is 0 Å². The van der Waals surface area contributed by atoms with Crippen LogP contribution in [0.1, 0.15) is 29.9 Å². The van der Waals surface area contributed by atoms with Gasteiger partial charge in [-0.05, 0) is 43.4 Å². The van der Waals surface area contributed by atoms with Crippen molar-refractivity contribution in [2.24, 2.45) is 17.8 Å². The zero-order valence-electron chi connectivity index (χ0n) is 23.2. The standard InChI is InChI=1S/C30H26BrCl3N2O7/c1-13-4-5-14(8-19(13)32)36-25(38)17-7-6-16-18(22(17)26(36)39)11-29(33)27(40)35(12-31)28(41)30(29,34)24(16)23-20(42-2)9-15(37)10-21(23)43-3/h4-6,8-10,17-18,22,24,37H,7,11-12H2,1-3H3. The predicted molar refractivity (Wildman–Crippen MR) is 163 cm³/mol. The average Bonchev–Trinajstić information content (AvgIpc) is 3.32. The maximum absolute atomic E-state index is 14.2. The topological polar surface area (TPSA) is 113 Å². The highest BCUT2D eigenvalue weighted by molar-refractivity contribution is 9.09. The molecule has 0 radical (unpaired) electrons. The van der Waals surface area contributed by atoms with Crippen molar-refractivity contribution in [2.45, 2.75) is 35.4 Å². The second-order valence-corrected chi connectivity index (χ2v) is 13.3. The largest absolute Gasteiger partial charge is 0.508 e. The number of phenolic OH excluding ortho intramolecular Hbond substituents is 1. The maximum Gasteiger partial charge on any atom is 0.254 e. The van der Waals surface area contributed by atoms with E-state index in [1.54, 1.807) is 18.2 Å². The van der Waals surface area contributed by atoms with E-state index < -0.39 is 51.1 Å². The minimum atomic E-state index is -2.05. The molecule has 0 spiro atoms. The molecular formula is C30H26BrCl3N2O7. The van der Waals surface area contributed by atoms with Gasteiger partial charge < -0.3 is 14.6 Å². The number of hydrogen-bond donors (Lipinski definition) is 1. The Morgan fingerprint density at radius 3 is 2.23 bits per heavy atom. The highest BCUT2D eigenvalue weighted by atomic mass is 79.9. The number of aryl methyl sites for hydroxylation is 1. The van der Waals surface area contributed by atoms with Crippen molar-refractivity contribution in [3.05, 3.63) is 58.1 Å². The fraction of sp³-hybridized carbons (Fsp3) is 0.400. The molecule has 1 saturated carbocycles. The van der Waals surface area contributed by atoms with Crippen molar-refractivity contribution in [1.29, 1.82) is 0 Å². The number of likely N-dealkylation sites (tertiary alicyclic amines) is 1. The number of hydrogen-bond acceptors (Lipinski definition) is 7. The van der Waals surface area contributed by atoms with Crippen LogP contribution < -0.4 is 14.4 Å². The van der Waals surface area contributed by atoms with E-state index in [1.807, 2.05) is 13.0 Å². The smallest absolute Gasteiger partial charge is 0.254 e. The van der Waals surface area contributed by atoms with E-state index in [0.717, 1.165) is 15.4 Å². The highest BCUT2D eigenvalue weighted by Gasteiger charge is 2.76. The van der Waals surface area contributed by atoms with E-state index in [2.05, 4.69) is 15.9 Å². The fourth-order valence-electron chi connectivity index (χ4n) is 7.26. The molecule has 4 aliphatic rings. The van der Waals surface area contributed by atoms with Crippen LogP contribution in [0.25, 0.3) is 0 Å². The number of benzene rings is 2. The highest BCUT2D eigenvalue weighted by Crippen LogP contribution is 2.67. The number of ether oxygens (including phenoxy) is 2. The van der Waals surface area contributed by atoms with E-state index in [-0.39, 0.29) is 47.0 Å². The summed E-state index contributed by atoms with van der Waals surface area (Å²) in [5.74, 6) is -5.63. The number of halogens is 4. The molecule has 4 amide bonds. The van der Waals surface area contributed by atoms with Crippen molar-refractivity contribution < 1.29 is 33.8 Å². The van der Waals surface area contributed by atoms with Crippen LogP contribution in [-0.4, -0.2) is 63.1 Å². The Morgan fingerprint density at radius 2 is 1.65 bits per heavy atom. The molecule has 6 atom stereocenters. The molecule has 226 valence electrons. The van der Waals surface area contributed by atoms with Crippen LogP contribution >= 0.6 is 50.7 Å². The fourth-order valence-corrected chi connectivity index (χ4v) is 8.84. The monoisotopic (exact) mass is 710 g/mol. The summed E-state index contributed by atoms with van der Waals surface area (Å²) in [6.07, 6.45) is 1.83. The van der Waals surface area contributed by atoms with Gasteiger partial charge in [-0.25, -0.2) is 4.90 Å². The summed E-state index contributed by atoms with van der Waals surface area (Å²) in [5, 5.41) is 10.8. The van der Waals surface area contributed by atoms with Gasteiger partial charge in [-0.2, -0.15) is 0 Å². The number of rotatable bonds is 5. The normalized spacial score (nSPS) is 31.6. The third-order valence-corrected chi connectivity index (χ3v) is 11.6. The number of imide groups is 2. The number of amides is 4. The van der Waals surface area contributed by atoms with Gasteiger partial charge in [0.15, 0.2) is 9.75 Å². The van der Waals surface area contributed by atoms with Crippen LogP contribution in [0.3, 0.4) is 0 Å². The molecule has 0 aromatic heterocycles. The zero-order valence-corrected chi connectivity index (χ0v) is 27.1. The van der Waals surface area contributed by atoms with Gasteiger partial charge >= 0.3 is 0 Å². The molecular weight excluding hydrogens is 687 g/mol. The van der Waals surface area contributed by atoms with Gasteiger partial charge in [0.25, 0.3) is 11.8 Å². The summed E-state index contributed by atoms with van der Waals surface area (Å²) in [4.78, 5) is 53.9. The van der Waals surface area contributed by atoms with Crippen molar-refractivity contribution in [1.82, 2.24) is 4.90 Å². The van der Waals surface area contributed by atoms with E-state index in [9.17, 15) is 24.3 Å². The number of fused-ring (bicyclic) bond motifs is 4. The zero-order chi connectivity index (χ0) is 31.2. The van der Waals surface area contributed by atoms with Gasteiger partial charge in [-0.15, -0.1) is 23.2 Å². The minimum Gasteiger partial charge on any atom is -0.508 e. The summed E-state index contributed by atoms with van der Waals surface area (Å²) >= 11 is 24.2. The van der Waals surface area contributed by atoms with E-state index in [0.29, 0.717) is 16.3 Å². The first-order valence-corrected chi connectivity index (χ1v) is 15.7. The lowest BCUT2D eigenvalue weighted by atomic mass is 9.56. The summed E-state index contributed by atoms with van der Waals surface area (Å²) in [7, 11) is 2.77. The molecule has 9 nitrogen and oxygen atoms in total. The average molecular weight is 713 g/mol. The number of carbonyl (C=O) groups excluding carboxylic acids is 4. The Kier molecular flexibility index (Phi) is 7.31. The summed E-state index contributed by atoms with van der Waals surface area (Å²) < 4.78 is 11.3. The Balaban J connectivity index is 1.57. The van der Waals surface area contributed by atoms with Crippen LogP contribution in [0.4, 0.5) is 5.69 Å². The number of aromatic hydroxyl groups is 1. The second-order valence-electron chi connectivity index (χ2n) is 11.2. The minimum absolute atomic E-state index is 0.145. The first-order valence-electron chi connectivity index (χ1n) is 13.4. The number of nitrogens with zero attached hydrogens (tertiary/aromatic N) is 2. The first kappa shape index (κ1) is 30.2. The molecule has 43 heavy (non-hydrogen) atoms. The molecule has 2 aliphatic carbocycles. The summed E-state index contributed by atoms with van der Waals surface area (Å²) in [6.45, 7) is 1.82. The number of methoxy groups -OCH3 is 2. The lowest BCUT2D eigenvalue weighted by molar-refractivity contribution is -0.138. The van der Waals surface area contributed by atoms with Crippen LogP contribution in [0.15, 0.2) is 42.0 Å². The van der Waals surface area contributed by atoms with Gasteiger partial charge in [0, 0.05) is 28.6 Å². The van der Waals surface area contributed by atoms with E-state index in [1.165, 1.54) is 26.4 Å². The van der Waals surface area contributed by atoms with Gasteiger partial charge in [0.1, 0.15) is 17.2 Å². The van der Waals surface area contributed by atoms with Crippen LogP contribution in [0.2, 0.25) is 5.02 Å². The SMILES string of the molecule is COc1cc(O)cc(OC)c1C1C2=CCC3C(=O)N(c4ccc(C)c(Cl)c4)C(=O)C3C2CC2(Cl)C(=O)N(CBr)C(=O)C12Cl. The predicted octanol–water partition coefficient (Wildman–Crippen LogP) is 5.29. The van der Waals surface area contributed by atoms with Crippen LogP contribution in [-0.2, 0) is 19.2 Å². The molecule has 2 aliphatic heterocycles. The third kappa shape index (κ3) is 3.95. The number of anilines is 1. The number of alkyl halides is 3. The molecule has 13 heteroatoms. The quantitative estimate of drug-likeness (QED) is 0.194. The van der Waals surface area contributed by atoms with Crippen molar-refractivity contribution in [3.63, 3.8) is 0 Å². The molecule has 2 heterocycles. The lowest BCUT2D eigenvalue weighted by Gasteiger charge is -2.51. The second kappa shape index (κ2) is 10.4. The molecule has 2 saturated heterocycles. The lowest BCUT2D eigenvalue weighted by Crippen LogP contribution is -2.60. The number of phenols is 1. The molecule has 1 N–H and O–H groups in total. The summed E-state index contributed by atoms with van der Waals surface area (Å²) in [6, 6.07) is 7.67. The molecule has 6 unspecified atom stereocenters. The Bertz CT molecular complexity index is 1620. The Hall–Kier alpha value is -2.79. The number of carbonyl (C=O) groups is 4.